The molecule has 2 aliphatic rings. The predicted molar refractivity (Wildman–Crippen MR) is 98.4 cm³/mol. The standard InChI is InChI=1S/C19H30N4O2/c1-14(2)11-23-16-6-9-22(10-7-17(16)25-13-18(23)24)12-15-5-4-8-21-19(15)20-3/h4-5,8,14,16-17H,6-7,9-13H2,1-3H3,(H,20,21)/t16-,17-/m0/s1. The molecule has 2 aliphatic heterocycles. The van der Waals surface area contributed by atoms with Crippen molar-refractivity contribution in [2.45, 2.75) is 45.4 Å². The van der Waals surface area contributed by atoms with Crippen molar-refractivity contribution in [3.63, 3.8) is 0 Å². The monoisotopic (exact) mass is 346 g/mol. The molecule has 0 spiro atoms. The molecule has 1 amide bonds. The molecule has 6 nitrogen and oxygen atoms in total. The molecule has 2 fully saturated rings. The average molecular weight is 346 g/mol. The van der Waals surface area contributed by atoms with Gasteiger partial charge >= 0.3 is 0 Å². The van der Waals surface area contributed by atoms with Crippen molar-refractivity contribution in [3.05, 3.63) is 23.9 Å². The van der Waals surface area contributed by atoms with E-state index in [4.69, 9.17) is 4.74 Å². The summed E-state index contributed by atoms with van der Waals surface area (Å²) in [5.41, 5.74) is 1.21. The van der Waals surface area contributed by atoms with E-state index in [1.165, 1.54) is 5.56 Å². The molecule has 25 heavy (non-hydrogen) atoms. The van der Waals surface area contributed by atoms with Gasteiger partial charge in [0.15, 0.2) is 0 Å². The fraction of sp³-hybridized carbons (Fsp3) is 0.684. The number of nitrogens with zero attached hydrogens (tertiary/aromatic N) is 3. The number of nitrogens with one attached hydrogen (secondary N) is 1. The normalized spacial score (nSPS) is 25.0. The minimum atomic E-state index is 0.146. The Morgan fingerprint density at radius 2 is 2.16 bits per heavy atom. The van der Waals surface area contributed by atoms with Gasteiger partial charge in [-0.1, -0.05) is 19.9 Å². The minimum absolute atomic E-state index is 0.146. The highest BCUT2D eigenvalue weighted by molar-refractivity contribution is 5.78. The SMILES string of the molecule is CNc1ncccc1CN1CC[C@@H]2OCC(=O)N(CC(C)C)[C@H]2CC1. The molecule has 2 saturated heterocycles. The van der Waals surface area contributed by atoms with Gasteiger partial charge in [0, 0.05) is 45.0 Å². The van der Waals surface area contributed by atoms with Crippen LogP contribution < -0.4 is 5.32 Å². The molecule has 138 valence electrons. The van der Waals surface area contributed by atoms with Crippen molar-refractivity contribution in [2.75, 3.05) is 38.6 Å². The third-order valence-corrected chi connectivity index (χ3v) is 5.13. The third-order valence-electron chi connectivity index (χ3n) is 5.13. The first kappa shape index (κ1) is 18.1. The molecular weight excluding hydrogens is 316 g/mol. The van der Waals surface area contributed by atoms with Crippen LogP contribution >= 0.6 is 0 Å². The van der Waals surface area contributed by atoms with E-state index in [1.807, 2.05) is 19.3 Å². The zero-order chi connectivity index (χ0) is 17.8. The van der Waals surface area contributed by atoms with Crippen LogP contribution in [0.4, 0.5) is 5.82 Å². The van der Waals surface area contributed by atoms with E-state index in [9.17, 15) is 4.79 Å². The van der Waals surface area contributed by atoms with Gasteiger partial charge < -0.3 is 15.0 Å². The lowest BCUT2D eigenvalue weighted by molar-refractivity contribution is -0.158. The number of aromatic nitrogens is 1. The molecule has 2 atom stereocenters. The lowest BCUT2D eigenvalue weighted by Crippen LogP contribution is -2.55. The maximum Gasteiger partial charge on any atom is 0.248 e. The van der Waals surface area contributed by atoms with Crippen molar-refractivity contribution in [1.82, 2.24) is 14.8 Å². The molecule has 6 heteroatoms. The van der Waals surface area contributed by atoms with Gasteiger partial charge in [0.05, 0.1) is 12.1 Å². The first-order valence-corrected chi connectivity index (χ1v) is 9.33. The molecule has 0 aromatic carbocycles. The number of carbonyl (C=O) groups is 1. The number of amides is 1. The molecule has 1 aromatic heterocycles. The van der Waals surface area contributed by atoms with Crippen LogP contribution in [0.2, 0.25) is 0 Å². The Bertz CT molecular complexity index is 593. The zero-order valence-electron chi connectivity index (χ0n) is 15.6. The van der Waals surface area contributed by atoms with E-state index in [-0.39, 0.29) is 24.7 Å². The van der Waals surface area contributed by atoms with E-state index in [0.717, 1.165) is 44.8 Å². The maximum atomic E-state index is 12.3. The van der Waals surface area contributed by atoms with Crippen molar-refractivity contribution in [3.8, 4) is 0 Å². The number of ether oxygens (including phenoxy) is 1. The van der Waals surface area contributed by atoms with Gasteiger partial charge in [-0.25, -0.2) is 4.98 Å². The molecule has 0 radical (unpaired) electrons. The van der Waals surface area contributed by atoms with Crippen LogP contribution in [0.5, 0.6) is 0 Å². The van der Waals surface area contributed by atoms with Gasteiger partial charge in [-0.2, -0.15) is 0 Å². The summed E-state index contributed by atoms with van der Waals surface area (Å²) in [5, 5.41) is 3.17. The van der Waals surface area contributed by atoms with Crippen LogP contribution in [0.15, 0.2) is 18.3 Å². The molecule has 3 rings (SSSR count). The Kier molecular flexibility index (Phi) is 5.91. The third kappa shape index (κ3) is 4.30. The number of anilines is 1. The summed E-state index contributed by atoms with van der Waals surface area (Å²) in [6.45, 7) is 8.25. The topological polar surface area (TPSA) is 57.7 Å². The van der Waals surface area contributed by atoms with Crippen LogP contribution in [-0.2, 0) is 16.1 Å². The molecule has 0 unspecified atom stereocenters. The summed E-state index contributed by atoms with van der Waals surface area (Å²) in [6.07, 6.45) is 3.93. The highest BCUT2D eigenvalue weighted by atomic mass is 16.5. The highest BCUT2D eigenvalue weighted by Gasteiger charge is 2.38. The van der Waals surface area contributed by atoms with Gasteiger partial charge in [-0.3, -0.25) is 9.69 Å². The number of carbonyl (C=O) groups excluding carboxylic acids is 1. The molecule has 3 heterocycles. The van der Waals surface area contributed by atoms with Crippen molar-refractivity contribution >= 4 is 11.7 Å². The number of hydrogen-bond acceptors (Lipinski definition) is 5. The quantitative estimate of drug-likeness (QED) is 0.883. The Labute approximate surface area is 150 Å². The summed E-state index contributed by atoms with van der Waals surface area (Å²) in [4.78, 5) is 21.3. The van der Waals surface area contributed by atoms with Crippen LogP contribution in [-0.4, -0.2) is 66.1 Å². The van der Waals surface area contributed by atoms with Gasteiger partial charge in [-0.05, 0) is 24.8 Å². The predicted octanol–water partition coefficient (Wildman–Crippen LogP) is 1.97. The molecular formula is C19H30N4O2. The number of rotatable bonds is 5. The van der Waals surface area contributed by atoms with E-state index in [1.54, 1.807) is 0 Å². The number of hydrogen-bond donors (Lipinski definition) is 1. The fourth-order valence-corrected chi connectivity index (χ4v) is 3.93. The van der Waals surface area contributed by atoms with Gasteiger partial charge in [-0.15, -0.1) is 0 Å². The Hall–Kier alpha value is -1.66. The number of pyridine rings is 1. The summed E-state index contributed by atoms with van der Waals surface area (Å²) in [7, 11) is 1.91. The van der Waals surface area contributed by atoms with Crippen LogP contribution in [0.25, 0.3) is 0 Å². The second-order valence-corrected chi connectivity index (χ2v) is 7.47. The lowest BCUT2D eigenvalue weighted by atomic mass is 10.0. The lowest BCUT2D eigenvalue weighted by Gasteiger charge is -2.41. The molecule has 1 aromatic rings. The highest BCUT2D eigenvalue weighted by Crippen LogP contribution is 2.26. The molecule has 0 saturated carbocycles. The van der Waals surface area contributed by atoms with Crippen molar-refractivity contribution in [1.29, 1.82) is 0 Å². The fourth-order valence-electron chi connectivity index (χ4n) is 3.93. The maximum absolute atomic E-state index is 12.3. The molecule has 0 bridgehead atoms. The van der Waals surface area contributed by atoms with Crippen molar-refractivity contribution in [2.24, 2.45) is 5.92 Å². The Morgan fingerprint density at radius 1 is 1.36 bits per heavy atom. The summed E-state index contributed by atoms with van der Waals surface area (Å²) in [5.74, 6) is 1.57. The van der Waals surface area contributed by atoms with E-state index in [2.05, 4.69) is 40.0 Å². The van der Waals surface area contributed by atoms with Gasteiger partial charge in [0.25, 0.3) is 0 Å². The van der Waals surface area contributed by atoms with E-state index < -0.39 is 0 Å². The van der Waals surface area contributed by atoms with Crippen LogP contribution in [0.1, 0.15) is 32.3 Å². The smallest absolute Gasteiger partial charge is 0.248 e. The van der Waals surface area contributed by atoms with Crippen LogP contribution in [0, 0.1) is 5.92 Å². The second kappa shape index (κ2) is 8.15. The molecule has 0 aliphatic carbocycles. The average Bonchev–Trinajstić information content (AvgIpc) is 2.80. The minimum Gasteiger partial charge on any atom is -0.373 e. The summed E-state index contributed by atoms with van der Waals surface area (Å²) in [6, 6.07) is 4.33. The van der Waals surface area contributed by atoms with Gasteiger partial charge in [0.2, 0.25) is 5.91 Å². The number of fused-ring (bicyclic) bond motifs is 1. The van der Waals surface area contributed by atoms with Gasteiger partial charge in [0.1, 0.15) is 12.4 Å². The second-order valence-electron chi connectivity index (χ2n) is 7.47. The summed E-state index contributed by atoms with van der Waals surface area (Å²) >= 11 is 0. The van der Waals surface area contributed by atoms with Crippen molar-refractivity contribution < 1.29 is 9.53 Å². The zero-order valence-corrected chi connectivity index (χ0v) is 15.6. The first-order valence-electron chi connectivity index (χ1n) is 9.33. The Morgan fingerprint density at radius 3 is 2.92 bits per heavy atom. The van der Waals surface area contributed by atoms with Crippen LogP contribution in [0.3, 0.4) is 0 Å². The Balaban J connectivity index is 1.68. The molecule has 1 N–H and O–H groups in total. The number of likely N-dealkylation sites (tertiary alicyclic amines) is 1. The summed E-state index contributed by atoms with van der Waals surface area (Å²) < 4.78 is 5.89. The van der Waals surface area contributed by atoms with E-state index in [0.29, 0.717) is 5.92 Å². The largest absolute Gasteiger partial charge is 0.373 e. The number of morpholine rings is 1. The first-order chi connectivity index (χ1) is 12.1. The van der Waals surface area contributed by atoms with E-state index >= 15 is 0 Å².